The number of carbonyl (C=O) groups excluding carboxylic acids is 1. The minimum Gasteiger partial charge on any atom is -0.399 e. The molecule has 0 bridgehead atoms. The molecule has 3 rings (SSSR count). The third-order valence-corrected chi connectivity index (χ3v) is 5.13. The summed E-state index contributed by atoms with van der Waals surface area (Å²) in [6, 6.07) is 8.38. The van der Waals surface area contributed by atoms with Crippen LogP contribution >= 0.6 is 0 Å². The van der Waals surface area contributed by atoms with Crippen molar-refractivity contribution < 1.29 is 4.79 Å². The number of carbonyl (C=O) groups is 1. The van der Waals surface area contributed by atoms with E-state index in [0.717, 1.165) is 30.5 Å². The summed E-state index contributed by atoms with van der Waals surface area (Å²) in [4.78, 5) is 15.1. The number of hydrogen-bond acceptors (Lipinski definition) is 2. The van der Waals surface area contributed by atoms with Crippen molar-refractivity contribution in [1.29, 1.82) is 0 Å². The molecule has 1 amide bonds. The minimum absolute atomic E-state index is 0.153. The lowest BCUT2D eigenvalue weighted by atomic mass is 9.81. The fraction of sp³-hybridized carbons (Fsp3) is 0.611. The van der Waals surface area contributed by atoms with Gasteiger partial charge in [0.05, 0.1) is 0 Å². The Bertz CT molecular complexity index is 534. The summed E-state index contributed by atoms with van der Waals surface area (Å²) in [5, 5.41) is 0. The van der Waals surface area contributed by atoms with Crippen molar-refractivity contribution in [1.82, 2.24) is 4.90 Å². The van der Waals surface area contributed by atoms with Gasteiger partial charge >= 0.3 is 0 Å². The van der Waals surface area contributed by atoms with Gasteiger partial charge in [0.2, 0.25) is 5.91 Å². The molecule has 2 N–H and O–H groups in total. The highest BCUT2D eigenvalue weighted by Crippen LogP contribution is 2.45. The number of hydrogen-bond donors (Lipinski definition) is 1. The molecule has 114 valence electrons. The van der Waals surface area contributed by atoms with E-state index in [1.165, 1.54) is 12.8 Å². The van der Waals surface area contributed by atoms with Crippen molar-refractivity contribution in [3.8, 4) is 0 Å². The van der Waals surface area contributed by atoms with Crippen LogP contribution in [0.4, 0.5) is 5.69 Å². The molecule has 0 radical (unpaired) electrons. The Hall–Kier alpha value is -1.51. The molecule has 1 aromatic rings. The van der Waals surface area contributed by atoms with Gasteiger partial charge in [0.15, 0.2) is 0 Å². The second-order valence-electron chi connectivity index (χ2n) is 7.38. The molecule has 1 atom stereocenters. The Kier molecular flexibility index (Phi) is 3.68. The Balaban J connectivity index is 1.77. The molecule has 3 heteroatoms. The Labute approximate surface area is 127 Å². The molecule has 2 fully saturated rings. The molecule has 2 aliphatic rings. The van der Waals surface area contributed by atoms with Gasteiger partial charge in [0.1, 0.15) is 0 Å². The molecular weight excluding hydrogens is 260 g/mol. The van der Waals surface area contributed by atoms with Crippen molar-refractivity contribution >= 4 is 11.6 Å². The van der Waals surface area contributed by atoms with Gasteiger partial charge in [-0.1, -0.05) is 32.4 Å². The van der Waals surface area contributed by atoms with E-state index in [1.54, 1.807) is 0 Å². The van der Waals surface area contributed by atoms with Gasteiger partial charge in [-0.3, -0.25) is 4.79 Å². The van der Waals surface area contributed by atoms with Crippen LogP contribution in [0.2, 0.25) is 0 Å². The summed E-state index contributed by atoms with van der Waals surface area (Å²) in [6.07, 6.45) is 5.70. The average molecular weight is 286 g/mol. The third kappa shape index (κ3) is 3.07. The maximum absolute atomic E-state index is 13.0. The predicted octanol–water partition coefficient (Wildman–Crippen LogP) is 3.59. The lowest BCUT2D eigenvalue weighted by Gasteiger charge is -2.32. The zero-order chi connectivity index (χ0) is 15.0. The van der Waals surface area contributed by atoms with Gasteiger partial charge in [0.25, 0.3) is 0 Å². The van der Waals surface area contributed by atoms with Crippen molar-refractivity contribution in [3.63, 3.8) is 0 Å². The van der Waals surface area contributed by atoms with Crippen molar-refractivity contribution in [3.05, 3.63) is 29.8 Å². The van der Waals surface area contributed by atoms with E-state index in [2.05, 4.69) is 24.8 Å². The largest absolute Gasteiger partial charge is 0.399 e. The highest BCUT2D eigenvalue weighted by atomic mass is 16.2. The van der Waals surface area contributed by atoms with Crippen LogP contribution in [0.1, 0.15) is 51.5 Å². The number of anilines is 1. The summed E-state index contributed by atoms with van der Waals surface area (Å²) in [6.45, 7) is 5.20. The number of nitrogens with two attached hydrogens (primary N) is 1. The van der Waals surface area contributed by atoms with Crippen LogP contribution < -0.4 is 5.73 Å². The Morgan fingerprint density at radius 3 is 2.67 bits per heavy atom. The standard InChI is InChI=1S/C18H26N2O/c1-18(2)10-4-7-16(18)17(21)20(15-8-9-15)12-13-5-3-6-14(19)11-13/h3,5-6,11,15-16H,4,7-10,12,19H2,1-2H3. The Morgan fingerprint density at radius 1 is 1.33 bits per heavy atom. The summed E-state index contributed by atoms with van der Waals surface area (Å²) >= 11 is 0. The molecule has 0 saturated heterocycles. The summed E-state index contributed by atoms with van der Waals surface area (Å²) < 4.78 is 0. The van der Waals surface area contributed by atoms with Gasteiger partial charge in [-0.15, -0.1) is 0 Å². The normalized spacial score (nSPS) is 24.0. The van der Waals surface area contributed by atoms with E-state index in [0.29, 0.717) is 18.5 Å². The molecular formula is C18H26N2O. The van der Waals surface area contributed by atoms with Crippen LogP contribution in [0.15, 0.2) is 24.3 Å². The topological polar surface area (TPSA) is 46.3 Å². The first-order chi connectivity index (χ1) is 9.97. The molecule has 0 spiro atoms. The number of nitrogens with zero attached hydrogens (tertiary/aromatic N) is 1. The summed E-state index contributed by atoms with van der Waals surface area (Å²) in [7, 11) is 0. The molecule has 1 unspecified atom stereocenters. The maximum Gasteiger partial charge on any atom is 0.226 e. The fourth-order valence-corrected chi connectivity index (χ4v) is 3.65. The second kappa shape index (κ2) is 5.36. The van der Waals surface area contributed by atoms with Crippen LogP contribution in [-0.2, 0) is 11.3 Å². The van der Waals surface area contributed by atoms with Crippen LogP contribution in [-0.4, -0.2) is 16.8 Å². The van der Waals surface area contributed by atoms with Gasteiger partial charge in [-0.2, -0.15) is 0 Å². The predicted molar refractivity (Wildman–Crippen MR) is 85.5 cm³/mol. The van der Waals surface area contributed by atoms with Gasteiger partial charge < -0.3 is 10.6 Å². The highest BCUT2D eigenvalue weighted by Gasteiger charge is 2.44. The van der Waals surface area contributed by atoms with Crippen molar-refractivity contribution in [2.75, 3.05) is 5.73 Å². The molecule has 0 heterocycles. The first-order valence-electron chi connectivity index (χ1n) is 8.12. The molecule has 1 aromatic carbocycles. The molecule has 2 saturated carbocycles. The van der Waals surface area contributed by atoms with E-state index >= 15 is 0 Å². The van der Waals surface area contributed by atoms with E-state index in [1.807, 2.05) is 18.2 Å². The van der Waals surface area contributed by atoms with Crippen LogP contribution in [0.3, 0.4) is 0 Å². The van der Waals surface area contributed by atoms with Crippen molar-refractivity contribution in [2.24, 2.45) is 11.3 Å². The average Bonchev–Trinajstić information content (AvgIpc) is 3.19. The van der Waals surface area contributed by atoms with E-state index < -0.39 is 0 Å². The molecule has 2 aliphatic carbocycles. The third-order valence-electron chi connectivity index (χ3n) is 5.13. The van der Waals surface area contributed by atoms with Crippen LogP contribution in [0.25, 0.3) is 0 Å². The van der Waals surface area contributed by atoms with Crippen molar-refractivity contribution in [2.45, 2.75) is 58.5 Å². The number of benzene rings is 1. The summed E-state index contributed by atoms with van der Waals surface area (Å²) in [5.74, 6) is 0.557. The zero-order valence-electron chi connectivity index (χ0n) is 13.1. The SMILES string of the molecule is CC1(C)CCCC1C(=O)N(Cc1cccc(N)c1)C1CC1. The van der Waals surface area contributed by atoms with Crippen LogP contribution in [0.5, 0.6) is 0 Å². The first kappa shape index (κ1) is 14.4. The van der Waals surface area contributed by atoms with Gasteiger partial charge in [-0.25, -0.2) is 0 Å². The molecule has 0 aliphatic heterocycles. The number of rotatable bonds is 4. The minimum atomic E-state index is 0.153. The second-order valence-corrected chi connectivity index (χ2v) is 7.38. The maximum atomic E-state index is 13.0. The number of amides is 1. The van der Waals surface area contributed by atoms with E-state index in [-0.39, 0.29) is 11.3 Å². The molecule has 3 nitrogen and oxygen atoms in total. The van der Waals surface area contributed by atoms with Crippen LogP contribution in [0, 0.1) is 11.3 Å². The lowest BCUT2D eigenvalue weighted by Crippen LogP contribution is -2.41. The lowest BCUT2D eigenvalue weighted by molar-refractivity contribution is -0.139. The van der Waals surface area contributed by atoms with Gasteiger partial charge in [-0.05, 0) is 48.8 Å². The molecule has 21 heavy (non-hydrogen) atoms. The van der Waals surface area contributed by atoms with E-state index in [4.69, 9.17) is 5.73 Å². The monoisotopic (exact) mass is 286 g/mol. The molecule has 0 aromatic heterocycles. The quantitative estimate of drug-likeness (QED) is 0.860. The smallest absolute Gasteiger partial charge is 0.226 e. The van der Waals surface area contributed by atoms with E-state index in [9.17, 15) is 4.79 Å². The highest BCUT2D eigenvalue weighted by molar-refractivity contribution is 5.80. The fourth-order valence-electron chi connectivity index (χ4n) is 3.65. The van der Waals surface area contributed by atoms with Gasteiger partial charge in [0, 0.05) is 24.2 Å². The summed E-state index contributed by atoms with van der Waals surface area (Å²) in [5.41, 5.74) is 7.94. The first-order valence-corrected chi connectivity index (χ1v) is 8.12. The number of nitrogen functional groups attached to an aromatic ring is 1. The Morgan fingerprint density at radius 2 is 2.10 bits per heavy atom. The zero-order valence-corrected chi connectivity index (χ0v) is 13.1.